The maximum Gasteiger partial charge on any atom is 0.200 e. The number of hydrogen-bond acceptors (Lipinski definition) is 4. The van der Waals surface area contributed by atoms with Crippen LogP contribution in [0.15, 0.2) is 164 Å². The number of ether oxygens (including phenoxy) is 1. The first kappa shape index (κ1) is 51.5. The Morgan fingerprint density at radius 3 is 1.72 bits per heavy atom. The maximum absolute atomic E-state index is 16.8. The van der Waals surface area contributed by atoms with E-state index in [1.807, 2.05) is 125 Å². The van der Waals surface area contributed by atoms with E-state index < -0.39 is 40.5 Å². The fourth-order valence-corrected chi connectivity index (χ4v) is 10.7. The summed E-state index contributed by atoms with van der Waals surface area (Å²) in [4.78, 5) is 8.78. The lowest BCUT2D eigenvalue weighted by Crippen LogP contribution is -2.25. The van der Waals surface area contributed by atoms with Crippen molar-refractivity contribution in [2.24, 2.45) is 0 Å². The fourth-order valence-electron chi connectivity index (χ4n) is 10.7. The van der Waals surface area contributed by atoms with Crippen molar-refractivity contribution < 1.29 is 28.1 Å². The predicted molar refractivity (Wildman–Crippen MR) is 313 cm³/mol. The van der Waals surface area contributed by atoms with Crippen molar-refractivity contribution in [2.75, 3.05) is 16.5 Å². The highest BCUT2D eigenvalue weighted by Crippen LogP contribution is 2.54. The molecule has 0 unspecified atom stereocenters. The van der Waals surface area contributed by atoms with Gasteiger partial charge in [-0.15, -0.1) is 0 Å². The second-order valence-electron chi connectivity index (χ2n) is 24.0. The Hall–Kier alpha value is -8.24. The van der Waals surface area contributed by atoms with Crippen molar-refractivity contribution in [3.8, 4) is 50.7 Å². The summed E-state index contributed by atoms with van der Waals surface area (Å²) in [7, 11) is 0. The summed E-state index contributed by atoms with van der Waals surface area (Å²) in [6.07, 6.45) is 1.85. The molecule has 0 amide bonds. The van der Waals surface area contributed by atoms with Gasteiger partial charge in [0.15, 0.2) is 23.3 Å². The van der Waals surface area contributed by atoms with E-state index in [4.69, 9.17) is 9.72 Å². The van der Waals surface area contributed by atoms with E-state index in [0.29, 0.717) is 56.4 Å². The predicted octanol–water partition coefficient (Wildman–Crippen LogP) is 19.9. The number of aromatic nitrogens is 2. The summed E-state index contributed by atoms with van der Waals surface area (Å²) >= 11 is 0. The zero-order valence-corrected chi connectivity index (χ0v) is 46.4. The molecule has 0 saturated heterocycles. The Labute approximate surface area is 461 Å². The van der Waals surface area contributed by atoms with Crippen molar-refractivity contribution in [3.05, 3.63) is 215 Å². The quantitative estimate of drug-likeness (QED) is 0.0819. The molecule has 0 atom stereocenters. The van der Waals surface area contributed by atoms with Crippen LogP contribution < -0.4 is 14.5 Å². The van der Waals surface area contributed by atoms with Gasteiger partial charge in [-0.2, -0.15) is 0 Å². The molecule has 10 aromatic rings. The average molecular weight is 1060 g/mol. The van der Waals surface area contributed by atoms with Crippen LogP contribution >= 0.6 is 0 Å². The van der Waals surface area contributed by atoms with Crippen molar-refractivity contribution in [3.63, 3.8) is 0 Å². The second-order valence-corrected chi connectivity index (χ2v) is 24.0. The average Bonchev–Trinajstić information content (AvgIpc) is 4.13. The first-order chi connectivity index (χ1) is 37.8. The van der Waals surface area contributed by atoms with E-state index in [2.05, 4.69) is 109 Å². The zero-order valence-electron chi connectivity index (χ0n) is 47.4. The highest BCUT2D eigenvalue weighted by Gasteiger charge is 2.36. The van der Waals surface area contributed by atoms with Crippen LogP contribution in [0.5, 0.6) is 11.5 Å². The van der Waals surface area contributed by atoms with Gasteiger partial charge in [-0.3, -0.25) is 4.57 Å². The number of hydrogen-bond donors (Lipinski definition) is 0. The highest BCUT2D eigenvalue weighted by atomic mass is 19.2. The number of benzene rings is 8. The molecule has 0 bridgehead atoms. The SMILES string of the molecule is [2H]C(C)(C)c1cc(Oc2ccc3c4ccccc4n(-c4cc(C(C)(C)C)ccn4)c3c2)cc(N2CN(c3c(-c4cc(C(C)(C)C)cc(C(C)(C)C)c4)cc(-c4ccccc4)cc3-c3c(F)c(F)c(F)c(F)c3F)c3ccccc32)c1. The summed E-state index contributed by atoms with van der Waals surface area (Å²) in [6, 6.07) is 50.6. The van der Waals surface area contributed by atoms with Gasteiger partial charge in [0.1, 0.15) is 24.0 Å². The number of rotatable bonds is 9. The Bertz CT molecular complexity index is 4020. The number of nitrogens with zero attached hydrogens (tertiary/aromatic N) is 4. The fraction of sp³-hybridized carbons (Fsp3) is 0.232. The van der Waals surface area contributed by atoms with Crippen molar-refractivity contribution in [1.82, 2.24) is 9.55 Å². The van der Waals surface area contributed by atoms with Gasteiger partial charge in [-0.05, 0) is 128 Å². The summed E-state index contributed by atoms with van der Waals surface area (Å²) < 4.78 is 98.6. The third kappa shape index (κ3) is 9.59. The molecule has 5 nitrogen and oxygen atoms in total. The van der Waals surface area contributed by atoms with Crippen molar-refractivity contribution >= 4 is 44.6 Å². The van der Waals surface area contributed by atoms with E-state index in [9.17, 15) is 1.37 Å². The van der Waals surface area contributed by atoms with Crippen LogP contribution in [0.1, 0.15) is 106 Å². The third-order valence-corrected chi connectivity index (χ3v) is 15.2. The first-order valence-electron chi connectivity index (χ1n) is 27.2. The van der Waals surface area contributed by atoms with E-state index in [1.165, 1.54) is 6.07 Å². The Balaban J connectivity index is 1.12. The summed E-state index contributed by atoms with van der Waals surface area (Å²) in [6.45, 7) is 22.8. The number of halogens is 5. The monoisotopic (exact) mass is 1060 g/mol. The van der Waals surface area contributed by atoms with Gasteiger partial charge in [0.05, 0.1) is 33.7 Å². The molecule has 0 saturated carbocycles. The smallest absolute Gasteiger partial charge is 0.200 e. The molecule has 0 spiro atoms. The molecule has 2 aromatic heterocycles. The van der Waals surface area contributed by atoms with Gasteiger partial charge >= 0.3 is 0 Å². The Morgan fingerprint density at radius 1 is 0.494 bits per heavy atom. The molecule has 79 heavy (non-hydrogen) atoms. The van der Waals surface area contributed by atoms with E-state index in [1.54, 1.807) is 13.8 Å². The Kier molecular flexibility index (Phi) is 12.8. The molecule has 1 aliphatic heterocycles. The lowest BCUT2D eigenvalue weighted by molar-refractivity contribution is 0.381. The topological polar surface area (TPSA) is 33.5 Å². The molecule has 0 aliphatic carbocycles. The summed E-state index contributed by atoms with van der Waals surface area (Å²) in [5, 5.41) is 2.08. The van der Waals surface area contributed by atoms with Crippen LogP contribution in [-0.2, 0) is 16.2 Å². The number of pyridine rings is 1. The molecule has 400 valence electrons. The molecule has 0 N–H and O–H groups in total. The minimum atomic E-state index is -2.24. The minimum absolute atomic E-state index is 0.0124. The summed E-state index contributed by atoms with van der Waals surface area (Å²) in [5.41, 5.74) is 8.13. The maximum atomic E-state index is 16.8. The molecule has 11 rings (SSSR count). The largest absolute Gasteiger partial charge is 0.457 e. The van der Waals surface area contributed by atoms with Gasteiger partial charge < -0.3 is 14.5 Å². The molecule has 0 radical (unpaired) electrons. The normalized spacial score (nSPS) is 13.4. The summed E-state index contributed by atoms with van der Waals surface area (Å²) in [5.74, 6) is -9.55. The van der Waals surface area contributed by atoms with E-state index in [0.717, 1.165) is 44.3 Å². The van der Waals surface area contributed by atoms with Crippen LogP contribution in [0.3, 0.4) is 0 Å². The van der Waals surface area contributed by atoms with Crippen LogP contribution in [-0.4, -0.2) is 16.2 Å². The van der Waals surface area contributed by atoms with Crippen LogP contribution in [0.2, 0.25) is 0 Å². The van der Waals surface area contributed by atoms with Crippen LogP contribution in [0, 0.1) is 29.1 Å². The van der Waals surface area contributed by atoms with Gasteiger partial charge in [-0.1, -0.05) is 155 Å². The molecule has 1 aliphatic rings. The van der Waals surface area contributed by atoms with E-state index >= 15 is 22.0 Å². The molecule has 10 heteroatoms. The first-order valence-corrected chi connectivity index (χ1v) is 26.7. The standard InChI is InChI=1S/C69H63F5N4O/c1-40(2)42-31-48(37-50(32-42)79-49-25-26-52-51-21-15-16-22-55(51)78(58(52)38-49)59-36-45(27-28-75-59)67(3,4)5)76-39-77(57-24-18-17-23-56(57)76)66-53(44-29-46(68(6,7)8)35-47(30-44)69(9,10)11)33-43(41-19-13-12-14-20-41)34-54(66)60-61(70)63(72)65(74)64(73)62(60)71/h12-38,40H,39H2,1-11H3/i40D. The van der Waals surface area contributed by atoms with Crippen molar-refractivity contribution in [2.45, 2.75) is 98.3 Å². The lowest BCUT2D eigenvalue weighted by atomic mass is 9.78. The van der Waals surface area contributed by atoms with Gasteiger partial charge in [-0.25, -0.2) is 26.9 Å². The molecular weight excluding hydrogens is 996 g/mol. The van der Waals surface area contributed by atoms with Crippen LogP contribution in [0.25, 0.3) is 61.0 Å². The van der Waals surface area contributed by atoms with Crippen LogP contribution in [0.4, 0.5) is 44.7 Å². The lowest BCUT2D eigenvalue weighted by Gasteiger charge is -2.30. The number of para-hydroxylation sites is 3. The third-order valence-electron chi connectivity index (χ3n) is 15.2. The Morgan fingerprint density at radius 2 is 1.08 bits per heavy atom. The molecule has 3 heterocycles. The van der Waals surface area contributed by atoms with Gasteiger partial charge in [0, 0.05) is 47.3 Å². The number of anilines is 4. The number of fused-ring (bicyclic) bond motifs is 4. The molecular formula is C69H63F5N4O. The van der Waals surface area contributed by atoms with Gasteiger partial charge in [0.25, 0.3) is 0 Å². The van der Waals surface area contributed by atoms with Crippen molar-refractivity contribution in [1.29, 1.82) is 0 Å². The zero-order chi connectivity index (χ0) is 57.0. The van der Waals surface area contributed by atoms with E-state index in [-0.39, 0.29) is 34.2 Å². The molecule has 8 aromatic carbocycles. The van der Waals surface area contributed by atoms with Gasteiger partial charge in [0.2, 0.25) is 5.82 Å². The highest BCUT2D eigenvalue weighted by molar-refractivity contribution is 6.09. The molecule has 0 fully saturated rings. The minimum Gasteiger partial charge on any atom is -0.457 e. The second kappa shape index (κ2) is 19.6.